The highest BCUT2D eigenvalue weighted by atomic mass is 16.5. The molecule has 116 valence electrons. The molecule has 4 nitrogen and oxygen atoms in total. The summed E-state index contributed by atoms with van der Waals surface area (Å²) in [5.41, 5.74) is -1.70. The largest absolute Gasteiger partial charge is 0.493 e. The average Bonchev–Trinajstić information content (AvgIpc) is 2.95. The Morgan fingerprint density at radius 1 is 1.59 bits per heavy atom. The van der Waals surface area contributed by atoms with Gasteiger partial charge in [0.1, 0.15) is 12.2 Å². The molecule has 2 bridgehead atoms. The summed E-state index contributed by atoms with van der Waals surface area (Å²) < 4.78 is 110. The van der Waals surface area contributed by atoms with E-state index >= 15 is 0 Å². The topological polar surface area (TPSA) is 41.9 Å². The lowest BCUT2D eigenvalue weighted by atomic mass is 9.53. The summed E-state index contributed by atoms with van der Waals surface area (Å²) in [4.78, 5) is 0.891. The molecule has 1 aromatic rings. The molecule has 2 aliphatic carbocycles. The highest BCUT2D eigenvalue weighted by Gasteiger charge is 2.64. The number of methoxy groups -OCH3 is 1. The maximum Gasteiger partial charge on any atom is 0.211 e. The molecule has 0 amide bonds. The van der Waals surface area contributed by atoms with E-state index in [1.807, 2.05) is 0 Å². The molecule has 22 heavy (non-hydrogen) atoms. The Kier molecular flexibility index (Phi) is 1.08. The lowest BCUT2D eigenvalue weighted by Crippen LogP contribution is -2.64. The van der Waals surface area contributed by atoms with Crippen LogP contribution in [0.3, 0.4) is 0 Å². The van der Waals surface area contributed by atoms with Crippen molar-refractivity contribution in [3.63, 3.8) is 0 Å². The fourth-order valence-corrected chi connectivity index (χ4v) is 4.20. The second-order valence-electron chi connectivity index (χ2n) is 5.95. The minimum absolute atomic E-state index is 0.0258. The van der Waals surface area contributed by atoms with Gasteiger partial charge in [-0.15, -0.1) is 0 Å². The van der Waals surface area contributed by atoms with Crippen molar-refractivity contribution in [1.82, 2.24) is 4.90 Å². The van der Waals surface area contributed by atoms with Crippen LogP contribution < -0.4 is 9.47 Å². The SMILES string of the molecule is [2H]OC1C=C[C@@]2([2H])[C@@]3([2H])Cc4c([2H])c([2H])c(OC([2H])([2H])[2H])c5c4[C@@]2(CCN3C([2H])([2H])[2H])C1([2H])O5. The van der Waals surface area contributed by atoms with Crippen molar-refractivity contribution in [2.75, 3.05) is 20.6 Å². The highest BCUT2D eigenvalue weighted by Crippen LogP contribution is 2.62. The van der Waals surface area contributed by atoms with E-state index in [2.05, 4.69) is 0 Å². The maximum absolute atomic E-state index is 9.51. The summed E-state index contributed by atoms with van der Waals surface area (Å²) in [7, 11) is -3.02. The van der Waals surface area contributed by atoms with E-state index in [-0.39, 0.29) is 29.8 Å². The normalized spacial score (nSPS) is 60.1. The molecule has 1 aromatic carbocycles. The number of benzene rings is 1. The number of aliphatic hydroxyl groups excluding tert-OH is 1. The monoisotopic (exact) mass is 311 g/mol. The van der Waals surface area contributed by atoms with Gasteiger partial charge < -0.3 is 19.5 Å². The molecular weight excluding hydrogens is 278 g/mol. The molecule has 2 aliphatic heterocycles. The van der Waals surface area contributed by atoms with Gasteiger partial charge in [-0.05, 0) is 38.0 Å². The number of rotatable bonds is 2. The van der Waals surface area contributed by atoms with Crippen molar-refractivity contribution < 1.29 is 29.7 Å². The van der Waals surface area contributed by atoms with Crippen molar-refractivity contribution in [3.8, 4) is 11.5 Å². The van der Waals surface area contributed by atoms with Crippen LogP contribution >= 0.6 is 0 Å². The Bertz CT molecular complexity index is 1120. The molecule has 4 aliphatic rings. The van der Waals surface area contributed by atoms with Crippen molar-refractivity contribution >= 4 is 0 Å². The molecule has 1 fully saturated rings. The lowest BCUT2D eigenvalue weighted by Gasteiger charge is -2.56. The molecule has 0 aromatic heterocycles. The summed E-state index contributed by atoms with van der Waals surface area (Å²) in [5, 5.41) is 4.75. The van der Waals surface area contributed by atoms with E-state index in [9.17, 15) is 4.11 Å². The number of likely N-dealkylation sites (tertiary alicyclic amines) is 1. The summed E-state index contributed by atoms with van der Waals surface area (Å²) in [6.45, 7) is -3.00. The third kappa shape index (κ3) is 1.28. The van der Waals surface area contributed by atoms with Crippen LogP contribution in [0, 0.1) is 5.89 Å². The predicted octanol–water partition coefficient (Wildman–Crippen LogP) is 1.50. The van der Waals surface area contributed by atoms with E-state index < -0.39 is 67.8 Å². The third-order valence-electron chi connectivity index (χ3n) is 5.07. The van der Waals surface area contributed by atoms with Gasteiger partial charge in [-0.2, -0.15) is 0 Å². The first-order valence-corrected chi connectivity index (χ1v) is 7.12. The van der Waals surface area contributed by atoms with Gasteiger partial charge in [-0.3, -0.25) is 0 Å². The fraction of sp³-hybridized carbons (Fsp3) is 0.556. The van der Waals surface area contributed by atoms with Gasteiger partial charge in [0.2, 0.25) is 1.43 Å². The molecule has 5 rings (SSSR count). The number of nitrogens with zero attached hydrogens (tertiary/aromatic N) is 1. The Morgan fingerprint density at radius 2 is 2.59 bits per heavy atom. The maximum atomic E-state index is 9.51. The standard InChI is InChI=1S/C18H21NO3/c1-19-8-7-18-11-4-5-13(20)17(18)22-16-14(21-2)6-3-10(15(16)18)9-12(11)19/h3-6,11-13,17,20H,7-9H2,1-2H3/t11-,12+,13?,17?,18-/m0/s1/i1D3,2D3,3D,6D,11D,12D,17D,20D. The van der Waals surface area contributed by atoms with Gasteiger partial charge >= 0.3 is 0 Å². The van der Waals surface area contributed by atoms with Crippen LogP contribution in [-0.4, -0.2) is 50.2 Å². The first-order valence-electron chi connectivity index (χ1n) is 13.0. The zero-order valence-electron chi connectivity index (χ0n) is 23.5. The molecule has 2 heterocycles. The van der Waals surface area contributed by atoms with Gasteiger partial charge in [-0.1, -0.05) is 18.2 Å². The third-order valence-corrected chi connectivity index (χ3v) is 5.07. The number of aliphatic hydroxyl groups is 1. The van der Waals surface area contributed by atoms with Gasteiger partial charge in [0.25, 0.3) is 0 Å². The Morgan fingerprint density at radius 3 is 3.45 bits per heavy atom. The molecule has 1 N–H and O–H groups in total. The summed E-state index contributed by atoms with van der Waals surface area (Å²) in [6, 6.07) is -3.34. The second-order valence-corrected chi connectivity index (χ2v) is 5.95. The van der Waals surface area contributed by atoms with Gasteiger partial charge in [0.15, 0.2) is 11.5 Å². The first-order chi connectivity index (χ1) is 15.5. The molecule has 1 saturated heterocycles. The van der Waals surface area contributed by atoms with Crippen LogP contribution in [-0.2, 0) is 11.8 Å². The van der Waals surface area contributed by atoms with Crippen LogP contribution in [0.2, 0.25) is 0 Å². The Balaban J connectivity index is 1.91. The van der Waals surface area contributed by atoms with E-state index in [0.717, 1.165) is 4.90 Å². The number of piperidine rings is 1. The Labute approximate surface area is 147 Å². The quantitative estimate of drug-likeness (QED) is 0.841. The van der Waals surface area contributed by atoms with Gasteiger partial charge in [0, 0.05) is 29.7 Å². The Hall–Kier alpha value is -1.52. The lowest BCUT2D eigenvalue weighted by molar-refractivity contribution is -0.0453. The predicted molar refractivity (Wildman–Crippen MR) is 82.5 cm³/mol. The van der Waals surface area contributed by atoms with E-state index in [1.165, 1.54) is 12.2 Å². The summed E-state index contributed by atoms with van der Waals surface area (Å²) in [5.74, 6) is -3.02. The molecule has 2 unspecified atom stereocenters. The highest BCUT2D eigenvalue weighted by molar-refractivity contribution is 5.62. The zero-order chi connectivity index (χ0) is 25.3. The van der Waals surface area contributed by atoms with Gasteiger partial charge in [0.05, 0.1) is 15.3 Å². The van der Waals surface area contributed by atoms with Crippen LogP contribution in [0.25, 0.3) is 0 Å². The fourth-order valence-electron chi connectivity index (χ4n) is 4.20. The summed E-state index contributed by atoms with van der Waals surface area (Å²) >= 11 is 0. The van der Waals surface area contributed by atoms with Crippen LogP contribution in [0.15, 0.2) is 24.2 Å². The first kappa shape index (κ1) is 5.84. The zero-order valence-corrected chi connectivity index (χ0v) is 11.5. The average molecular weight is 311 g/mol. The minimum atomic E-state index is -3.02. The number of hydrogen-bond acceptors (Lipinski definition) is 4. The number of ether oxygens (including phenoxy) is 2. The summed E-state index contributed by atoms with van der Waals surface area (Å²) in [6.07, 6.45) is -1.85. The van der Waals surface area contributed by atoms with Crippen molar-refractivity contribution in [3.05, 3.63) is 35.4 Å². The second kappa shape index (κ2) is 4.06. The number of hydrogen-bond donors (Lipinski definition) is 1. The minimum Gasteiger partial charge on any atom is -0.493 e. The molecule has 1 spiro atoms. The van der Waals surface area contributed by atoms with E-state index in [1.54, 1.807) is 0 Å². The van der Waals surface area contributed by atoms with E-state index in [0.29, 0.717) is 0 Å². The molecular formula is C18H21NO3. The number of likely N-dealkylation sites (N-methyl/N-ethyl adjacent to an activating group) is 1. The van der Waals surface area contributed by atoms with Crippen molar-refractivity contribution in [2.24, 2.45) is 5.89 Å². The molecule has 0 radical (unpaired) electrons. The van der Waals surface area contributed by atoms with Crippen LogP contribution in [0.1, 0.15) is 32.6 Å². The van der Waals surface area contributed by atoms with Crippen LogP contribution in [0.5, 0.6) is 11.5 Å². The van der Waals surface area contributed by atoms with E-state index in [4.69, 9.17) is 27.0 Å². The molecule has 5 atom stereocenters. The van der Waals surface area contributed by atoms with Crippen molar-refractivity contribution in [2.45, 2.75) is 36.5 Å². The van der Waals surface area contributed by atoms with Gasteiger partial charge in [-0.25, -0.2) is 0 Å². The molecule has 0 saturated carbocycles. The van der Waals surface area contributed by atoms with Crippen molar-refractivity contribution in [1.29, 1.82) is 1.43 Å². The van der Waals surface area contributed by atoms with Crippen LogP contribution in [0.4, 0.5) is 0 Å². The smallest absolute Gasteiger partial charge is 0.211 e. The molecule has 4 heteroatoms.